The van der Waals surface area contributed by atoms with E-state index in [-0.39, 0.29) is 15.8 Å². The number of hydrazone groups is 1. The van der Waals surface area contributed by atoms with Gasteiger partial charge >= 0.3 is 10.1 Å². The highest BCUT2D eigenvalue weighted by Crippen LogP contribution is 2.21. The molecule has 126 valence electrons. The molecule has 0 aliphatic heterocycles. The van der Waals surface area contributed by atoms with Crippen LogP contribution in [0.1, 0.15) is 5.56 Å². The number of nitrogens with zero attached hydrogens (tertiary/aromatic N) is 1. The Kier molecular flexibility index (Phi) is 5.72. The molecule has 9 heteroatoms. The summed E-state index contributed by atoms with van der Waals surface area (Å²) in [6.07, 6.45) is 1.44. The quantitative estimate of drug-likeness (QED) is 0.347. The van der Waals surface area contributed by atoms with E-state index in [0.717, 1.165) is 0 Å². The molecule has 2 aromatic rings. The molecule has 0 saturated carbocycles. The van der Waals surface area contributed by atoms with E-state index < -0.39 is 10.1 Å². The molecule has 0 fully saturated rings. The molecule has 0 aromatic heterocycles. The van der Waals surface area contributed by atoms with Gasteiger partial charge in [0, 0.05) is 0 Å². The van der Waals surface area contributed by atoms with E-state index in [2.05, 4.69) is 22.7 Å². The Morgan fingerprint density at radius 2 is 1.92 bits per heavy atom. The molecule has 0 spiro atoms. The summed E-state index contributed by atoms with van der Waals surface area (Å²) in [6, 6.07) is 12.3. The van der Waals surface area contributed by atoms with E-state index in [0.29, 0.717) is 11.3 Å². The molecule has 3 N–H and O–H groups in total. The van der Waals surface area contributed by atoms with Crippen LogP contribution in [0.2, 0.25) is 0 Å². The first-order valence-electron chi connectivity index (χ1n) is 6.68. The maximum absolute atomic E-state index is 12.3. The molecule has 0 saturated heterocycles. The average molecular weight is 365 g/mol. The summed E-state index contributed by atoms with van der Waals surface area (Å²) in [6.45, 7) is 0. The Bertz CT molecular complexity index is 849. The lowest BCUT2D eigenvalue weighted by Crippen LogP contribution is -2.23. The SMILES string of the molecule is COc1ccc(S(=O)(=O)Oc2cccc(/C=N\NC(N)=S)c2)cc1. The number of rotatable bonds is 6. The van der Waals surface area contributed by atoms with E-state index in [1.807, 2.05) is 0 Å². The van der Waals surface area contributed by atoms with Crippen molar-refractivity contribution in [2.45, 2.75) is 4.90 Å². The van der Waals surface area contributed by atoms with Gasteiger partial charge in [-0.2, -0.15) is 13.5 Å². The molecule has 0 heterocycles. The van der Waals surface area contributed by atoms with Crippen molar-refractivity contribution in [1.82, 2.24) is 5.43 Å². The van der Waals surface area contributed by atoms with Crippen molar-refractivity contribution in [2.24, 2.45) is 10.8 Å². The normalized spacial score (nSPS) is 11.2. The number of thiocarbonyl (C=S) groups is 1. The number of hydrogen-bond acceptors (Lipinski definition) is 6. The summed E-state index contributed by atoms with van der Waals surface area (Å²) in [5, 5.41) is 3.82. The van der Waals surface area contributed by atoms with Gasteiger partial charge in [0.25, 0.3) is 0 Å². The summed E-state index contributed by atoms with van der Waals surface area (Å²) in [5.41, 5.74) is 8.27. The zero-order valence-corrected chi connectivity index (χ0v) is 14.3. The standard InChI is InChI=1S/C15H15N3O4S2/c1-21-12-5-7-14(8-6-12)24(19,20)22-13-4-2-3-11(9-13)10-17-18-15(16)23/h2-10H,1H3,(H3,16,18,23)/b17-10-. The van der Waals surface area contributed by atoms with Crippen molar-refractivity contribution >= 4 is 33.7 Å². The van der Waals surface area contributed by atoms with Crippen molar-refractivity contribution in [3.8, 4) is 11.5 Å². The summed E-state index contributed by atoms with van der Waals surface area (Å²) in [7, 11) is -2.45. The molecule has 2 rings (SSSR count). The number of methoxy groups -OCH3 is 1. The van der Waals surface area contributed by atoms with Crippen LogP contribution in [0, 0.1) is 0 Å². The fourth-order valence-electron chi connectivity index (χ4n) is 1.73. The molecule has 0 unspecified atom stereocenters. The first-order chi connectivity index (χ1) is 11.4. The monoisotopic (exact) mass is 365 g/mol. The lowest BCUT2D eigenvalue weighted by atomic mass is 10.2. The largest absolute Gasteiger partial charge is 0.497 e. The van der Waals surface area contributed by atoms with Gasteiger partial charge < -0.3 is 14.7 Å². The fraction of sp³-hybridized carbons (Fsp3) is 0.0667. The Morgan fingerprint density at radius 1 is 1.21 bits per heavy atom. The van der Waals surface area contributed by atoms with Gasteiger partial charge in [0.1, 0.15) is 16.4 Å². The third-order valence-electron chi connectivity index (χ3n) is 2.80. The zero-order chi connectivity index (χ0) is 17.6. The van der Waals surface area contributed by atoms with Crippen molar-refractivity contribution in [2.75, 3.05) is 7.11 Å². The van der Waals surface area contributed by atoms with Gasteiger partial charge in [0.05, 0.1) is 13.3 Å². The second-order valence-electron chi connectivity index (χ2n) is 4.52. The summed E-state index contributed by atoms with van der Waals surface area (Å²) >= 11 is 4.62. The molecule has 0 atom stereocenters. The highest BCUT2D eigenvalue weighted by molar-refractivity contribution is 7.87. The van der Waals surface area contributed by atoms with Crippen LogP contribution in [0.15, 0.2) is 58.5 Å². The molecule has 0 aliphatic rings. The van der Waals surface area contributed by atoms with Gasteiger partial charge in [-0.1, -0.05) is 12.1 Å². The first-order valence-corrected chi connectivity index (χ1v) is 8.49. The topological polar surface area (TPSA) is 103 Å². The number of hydrogen-bond donors (Lipinski definition) is 2. The van der Waals surface area contributed by atoms with Gasteiger partial charge in [0.2, 0.25) is 0 Å². The Labute approximate surface area is 145 Å². The number of nitrogens with two attached hydrogens (primary N) is 1. The van der Waals surface area contributed by atoms with Gasteiger partial charge in [-0.05, 0) is 54.2 Å². The summed E-state index contributed by atoms with van der Waals surface area (Å²) in [4.78, 5) is 0.0255. The molecule has 2 aromatic carbocycles. The highest BCUT2D eigenvalue weighted by atomic mass is 32.2. The van der Waals surface area contributed by atoms with Crippen LogP contribution in [0.3, 0.4) is 0 Å². The van der Waals surface area contributed by atoms with Crippen molar-refractivity contribution < 1.29 is 17.3 Å². The second-order valence-corrected chi connectivity index (χ2v) is 6.51. The third kappa shape index (κ3) is 4.93. The first kappa shape index (κ1) is 17.7. The van der Waals surface area contributed by atoms with Crippen molar-refractivity contribution in [1.29, 1.82) is 0 Å². The zero-order valence-electron chi connectivity index (χ0n) is 12.7. The van der Waals surface area contributed by atoms with Crippen LogP contribution in [-0.4, -0.2) is 26.9 Å². The predicted octanol–water partition coefficient (Wildman–Crippen LogP) is 1.63. The number of ether oxygens (including phenoxy) is 1. The average Bonchev–Trinajstić information content (AvgIpc) is 2.54. The minimum absolute atomic E-state index is 0.0255. The van der Waals surface area contributed by atoms with E-state index in [1.165, 1.54) is 37.6 Å². The fourth-order valence-corrected chi connectivity index (χ4v) is 2.71. The maximum atomic E-state index is 12.3. The van der Waals surface area contributed by atoms with Crippen LogP contribution < -0.4 is 20.1 Å². The molecule has 24 heavy (non-hydrogen) atoms. The molecule has 0 aliphatic carbocycles. The van der Waals surface area contributed by atoms with Crippen molar-refractivity contribution in [3.63, 3.8) is 0 Å². The van der Waals surface area contributed by atoms with Gasteiger partial charge in [0.15, 0.2) is 5.11 Å². The molecule has 0 radical (unpaired) electrons. The Balaban J connectivity index is 2.16. The minimum Gasteiger partial charge on any atom is -0.497 e. The van der Waals surface area contributed by atoms with Crippen LogP contribution in [0.5, 0.6) is 11.5 Å². The van der Waals surface area contributed by atoms with E-state index in [9.17, 15) is 8.42 Å². The van der Waals surface area contributed by atoms with E-state index in [4.69, 9.17) is 14.7 Å². The van der Waals surface area contributed by atoms with Crippen LogP contribution in [0.4, 0.5) is 0 Å². The highest BCUT2D eigenvalue weighted by Gasteiger charge is 2.16. The predicted molar refractivity (Wildman–Crippen MR) is 94.8 cm³/mol. The third-order valence-corrected chi connectivity index (χ3v) is 4.15. The van der Waals surface area contributed by atoms with E-state index >= 15 is 0 Å². The van der Waals surface area contributed by atoms with Crippen LogP contribution >= 0.6 is 12.2 Å². The summed E-state index contributed by atoms with van der Waals surface area (Å²) in [5.74, 6) is 0.711. The minimum atomic E-state index is -3.95. The lowest BCUT2D eigenvalue weighted by Gasteiger charge is -2.08. The van der Waals surface area contributed by atoms with E-state index in [1.54, 1.807) is 24.3 Å². The number of benzene rings is 2. The van der Waals surface area contributed by atoms with Crippen LogP contribution in [0.25, 0.3) is 0 Å². The van der Waals surface area contributed by atoms with Crippen LogP contribution in [-0.2, 0) is 10.1 Å². The molecular weight excluding hydrogens is 350 g/mol. The number of nitrogens with one attached hydrogen (secondary N) is 1. The summed E-state index contributed by atoms with van der Waals surface area (Å²) < 4.78 is 34.7. The van der Waals surface area contributed by atoms with Gasteiger partial charge in [-0.15, -0.1) is 0 Å². The Morgan fingerprint density at radius 3 is 2.54 bits per heavy atom. The molecule has 7 nitrogen and oxygen atoms in total. The maximum Gasteiger partial charge on any atom is 0.339 e. The lowest BCUT2D eigenvalue weighted by molar-refractivity contribution is 0.414. The molecule has 0 bridgehead atoms. The molecule has 0 amide bonds. The van der Waals surface area contributed by atoms with Crippen molar-refractivity contribution in [3.05, 3.63) is 54.1 Å². The van der Waals surface area contributed by atoms with Gasteiger partial charge in [-0.3, -0.25) is 5.43 Å². The molecular formula is C15H15N3O4S2. The van der Waals surface area contributed by atoms with Gasteiger partial charge in [-0.25, -0.2) is 0 Å². The smallest absolute Gasteiger partial charge is 0.339 e. The second kappa shape index (κ2) is 7.75. The Hall–Kier alpha value is -2.65.